The number of carbonyl (C=O) groups is 1. The predicted molar refractivity (Wildman–Crippen MR) is 67.2 cm³/mol. The van der Waals surface area contributed by atoms with Crippen LogP contribution in [0.5, 0.6) is 0 Å². The molecular weight excluding hydrogens is 214 g/mol. The minimum atomic E-state index is 0.0717. The Bertz CT molecular complexity index is 452. The average Bonchev–Trinajstić information content (AvgIpc) is 2.33. The van der Waals surface area contributed by atoms with E-state index in [-0.39, 0.29) is 5.56 Å². The summed E-state index contributed by atoms with van der Waals surface area (Å²) in [5, 5.41) is 0. The summed E-state index contributed by atoms with van der Waals surface area (Å²) in [6.07, 6.45) is 6.19. The molecule has 2 rings (SSSR count). The van der Waals surface area contributed by atoms with Gasteiger partial charge in [-0.2, -0.15) is 0 Å². The fourth-order valence-corrected chi connectivity index (χ4v) is 2.48. The van der Waals surface area contributed by atoms with Crippen LogP contribution in [0.15, 0.2) is 23.1 Å². The van der Waals surface area contributed by atoms with Crippen LogP contribution in [0.25, 0.3) is 0 Å². The Kier molecular flexibility index (Phi) is 3.77. The van der Waals surface area contributed by atoms with Crippen LogP contribution in [-0.2, 0) is 11.3 Å². The minimum Gasteiger partial charge on any atom is -0.315 e. The van der Waals surface area contributed by atoms with Crippen LogP contribution in [0, 0.1) is 0 Å². The monoisotopic (exact) mass is 233 g/mol. The number of Topliss-reactive ketones (excluding diaryl/α,β-unsaturated/α-hetero) is 1. The highest BCUT2D eigenvalue weighted by molar-refractivity contribution is 5.79. The lowest BCUT2D eigenvalue weighted by Crippen LogP contribution is -2.20. The number of hydrogen-bond donors (Lipinski definition) is 0. The van der Waals surface area contributed by atoms with Crippen LogP contribution in [0.3, 0.4) is 0 Å². The summed E-state index contributed by atoms with van der Waals surface area (Å²) in [7, 11) is 0. The average molecular weight is 233 g/mol. The highest BCUT2D eigenvalue weighted by Gasteiger charge is 2.20. The molecule has 3 nitrogen and oxygen atoms in total. The first-order valence-electron chi connectivity index (χ1n) is 6.43. The van der Waals surface area contributed by atoms with Crippen molar-refractivity contribution >= 4 is 5.78 Å². The number of aromatic nitrogens is 1. The van der Waals surface area contributed by atoms with Crippen molar-refractivity contribution in [3.8, 4) is 0 Å². The molecule has 92 valence electrons. The van der Waals surface area contributed by atoms with Gasteiger partial charge >= 0.3 is 0 Å². The maximum atomic E-state index is 11.6. The first-order valence-corrected chi connectivity index (χ1v) is 6.43. The van der Waals surface area contributed by atoms with E-state index >= 15 is 0 Å². The fraction of sp³-hybridized carbons (Fsp3) is 0.571. The second kappa shape index (κ2) is 5.30. The van der Waals surface area contributed by atoms with Crippen LogP contribution in [-0.4, -0.2) is 10.4 Å². The Balaban J connectivity index is 2.18. The van der Waals surface area contributed by atoms with Gasteiger partial charge in [0.2, 0.25) is 0 Å². The van der Waals surface area contributed by atoms with Crippen molar-refractivity contribution in [2.75, 3.05) is 0 Å². The number of ketones is 1. The highest BCUT2D eigenvalue weighted by atomic mass is 16.1. The van der Waals surface area contributed by atoms with Crippen molar-refractivity contribution in [1.29, 1.82) is 0 Å². The van der Waals surface area contributed by atoms with Gasteiger partial charge in [0, 0.05) is 31.6 Å². The van der Waals surface area contributed by atoms with Crippen LogP contribution >= 0.6 is 0 Å². The lowest BCUT2D eigenvalue weighted by molar-refractivity contribution is -0.120. The second-order valence-electron chi connectivity index (χ2n) is 4.81. The molecule has 0 spiro atoms. The molecule has 0 aliphatic heterocycles. The third kappa shape index (κ3) is 2.84. The van der Waals surface area contributed by atoms with E-state index in [0.717, 1.165) is 25.8 Å². The van der Waals surface area contributed by atoms with E-state index in [1.165, 1.54) is 5.56 Å². The molecular formula is C14H19NO2. The maximum Gasteiger partial charge on any atom is 0.250 e. The van der Waals surface area contributed by atoms with Crippen LogP contribution in [0.2, 0.25) is 0 Å². The quantitative estimate of drug-likeness (QED) is 0.804. The lowest BCUT2D eigenvalue weighted by atomic mass is 9.84. The number of rotatable bonds is 3. The van der Waals surface area contributed by atoms with Crippen molar-refractivity contribution in [3.05, 3.63) is 34.2 Å². The molecule has 1 fully saturated rings. The summed E-state index contributed by atoms with van der Waals surface area (Å²) < 4.78 is 1.78. The Morgan fingerprint density at radius 3 is 2.59 bits per heavy atom. The fourth-order valence-electron chi connectivity index (χ4n) is 2.48. The minimum absolute atomic E-state index is 0.0717. The molecule has 1 aliphatic carbocycles. The Hall–Kier alpha value is -1.38. The SMILES string of the molecule is CCCn1cc(C2CCC(=O)CC2)ccc1=O. The van der Waals surface area contributed by atoms with Crippen molar-refractivity contribution in [3.63, 3.8) is 0 Å². The summed E-state index contributed by atoms with van der Waals surface area (Å²) in [4.78, 5) is 22.8. The van der Waals surface area contributed by atoms with Crippen LogP contribution in [0.1, 0.15) is 50.5 Å². The standard InChI is InChI=1S/C14H19NO2/c1-2-9-15-10-12(5-8-14(15)17)11-3-6-13(16)7-4-11/h5,8,10-11H,2-4,6-7,9H2,1H3. The predicted octanol–water partition coefficient (Wildman–Crippen LogP) is 2.49. The largest absolute Gasteiger partial charge is 0.315 e. The number of hydrogen-bond acceptors (Lipinski definition) is 2. The van der Waals surface area contributed by atoms with E-state index < -0.39 is 0 Å². The molecule has 0 aromatic carbocycles. The first kappa shape index (κ1) is 12.1. The van der Waals surface area contributed by atoms with Crippen LogP contribution < -0.4 is 5.56 Å². The van der Waals surface area contributed by atoms with Gasteiger partial charge in [0.15, 0.2) is 0 Å². The van der Waals surface area contributed by atoms with Crippen LogP contribution in [0.4, 0.5) is 0 Å². The van der Waals surface area contributed by atoms with Gasteiger partial charge in [0.1, 0.15) is 5.78 Å². The molecule has 1 saturated carbocycles. The van der Waals surface area contributed by atoms with Gasteiger partial charge in [0.25, 0.3) is 5.56 Å². The number of pyridine rings is 1. The smallest absolute Gasteiger partial charge is 0.250 e. The van der Waals surface area contributed by atoms with Gasteiger partial charge in [0.05, 0.1) is 0 Å². The molecule has 1 heterocycles. The summed E-state index contributed by atoms with van der Waals surface area (Å²) in [6.45, 7) is 2.84. The number of carbonyl (C=O) groups excluding carboxylic acids is 1. The van der Waals surface area contributed by atoms with E-state index in [0.29, 0.717) is 24.5 Å². The van der Waals surface area contributed by atoms with E-state index in [2.05, 4.69) is 6.92 Å². The molecule has 0 N–H and O–H groups in total. The van der Waals surface area contributed by atoms with Crippen molar-refractivity contribution in [2.45, 2.75) is 51.5 Å². The van der Waals surface area contributed by atoms with Crippen molar-refractivity contribution < 1.29 is 4.79 Å². The summed E-state index contributed by atoms with van der Waals surface area (Å²) in [5.41, 5.74) is 1.29. The molecule has 17 heavy (non-hydrogen) atoms. The van der Waals surface area contributed by atoms with E-state index in [1.54, 1.807) is 10.6 Å². The molecule has 1 aromatic heterocycles. The normalized spacial score (nSPS) is 17.4. The molecule has 0 unspecified atom stereocenters. The lowest BCUT2D eigenvalue weighted by Gasteiger charge is -2.21. The zero-order valence-corrected chi connectivity index (χ0v) is 10.3. The molecule has 0 bridgehead atoms. The zero-order chi connectivity index (χ0) is 12.3. The number of nitrogens with zero attached hydrogens (tertiary/aromatic N) is 1. The van der Waals surface area contributed by atoms with Crippen molar-refractivity contribution in [2.24, 2.45) is 0 Å². The Labute approximate surface area is 101 Å². The molecule has 1 aromatic rings. The molecule has 1 aliphatic rings. The Morgan fingerprint density at radius 1 is 1.24 bits per heavy atom. The van der Waals surface area contributed by atoms with Gasteiger partial charge in [-0.25, -0.2) is 0 Å². The van der Waals surface area contributed by atoms with E-state index in [4.69, 9.17) is 0 Å². The van der Waals surface area contributed by atoms with E-state index in [9.17, 15) is 9.59 Å². The second-order valence-corrected chi connectivity index (χ2v) is 4.81. The van der Waals surface area contributed by atoms with Crippen molar-refractivity contribution in [1.82, 2.24) is 4.57 Å². The Morgan fingerprint density at radius 2 is 1.94 bits per heavy atom. The van der Waals surface area contributed by atoms with Gasteiger partial charge in [-0.3, -0.25) is 9.59 Å². The van der Waals surface area contributed by atoms with Gasteiger partial charge in [-0.15, -0.1) is 0 Å². The molecule has 0 saturated heterocycles. The molecule has 0 amide bonds. The first-order chi connectivity index (χ1) is 8.20. The number of aryl methyl sites for hydroxylation is 1. The summed E-state index contributed by atoms with van der Waals surface area (Å²) >= 11 is 0. The molecule has 3 heteroatoms. The zero-order valence-electron chi connectivity index (χ0n) is 10.3. The molecule has 0 atom stereocenters. The third-order valence-electron chi connectivity index (χ3n) is 3.49. The summed E-state index contributed by atoms with van der Waals surface area (Å²) in [6, 6.07) is 3.58. The highest BCUT2D eigenvalue weighted by Crippen LogP contribution is 2.30. The third-order valence-corrected chi connectivity index (χ3v) is 3.49. The summed E-state index contributed by atoms with van der Waals surface area (Å²) in [5.74, 6) is 0.833. The van der Waals surface area contributed by atoms with Gasteiger partial charge in [-0.1, -0.05) is 13.0 Å². The maximum absolute atomic E-state index is 11.6. The van der Waals surface area contributed by atoms with Gasteiger partial charge < -0.3 is 4.57 Å². The van der Waals surface area contributed by atoms with Gasteiger partial charge in [-0.05, 0) is 30.7 Å². The molecule has 0 radical (unpaired) electrons. The topological polar surface area (TPSA) is 39.1 Å². The van der Waals surface area contributed by atoms with E-state index in [1.807, 2.05) is 12.3 Å².